The first-order valence-corrected chi connectivity index (χ1v) is 5.51. The zero-order chi connectivity index (χ0) is 11.2. The smallest absolute Gasteiger partial charge is 0.224 e. The summed E-state index contributed by atoms with van der Waals surface area (Å²) in [6.07, 6.45) is 2.78. The largest absolute Gasteiger partial charge is 0.354 e. The third kappa shape index (κ3) is 2.82. The van der Waals surface area contributed by atoms with Gasteiger partial charge >= 0.3 is 0 Å². The minimum Gasteiger partial charge on any atom is -0.354 e. The summed E-state index contributed by atoms with van der Waals surface area (Å²) in [6.45, 7) is 4.68. The van der Waals surface area contributed by atoms with Crippen molar-refractivity contribution in [2.24, 2.45) is 4.99 Å². The Labute approximate surface area is 94.6 Å². The molecule has 2 rings (SSSR count). The molecule has 0 aliphatic carbocycles. The minimum absolute atomic E-state index is 0.644. The van der Waals surface area contributed by atoms with Gasteiger partial charge in [-0.15, -0.1) is 0 Å². The fourth-order valence-electron chi connectivity index (χ4n) is 1.35. The van der Waals surface area contributed by atoms with Crippen molar-refractivity contribution >= 4 is 17.7 Å². The lowest BCUT2D eigenvalue weighted by molar-refractivity contribution is 0.951. The number of aliphatic imine (C=N–C) groups is 1. The number of aromatic nitrogens is 2. The zero-order valence-electron chi connectivity index (χ0n) is 9.32. The van der Waals surface area contributed by atoms with Crippen molar-refractivity contribution in [1.29, 1.82) is 0 Å². The fourth-order valence-corrected chi connectivity index (χ4v) is 1.35. The minimum atomic E-state index is 0.644. The molecule has 16 heavy (non-hydrogen) atoms. The van der Waals surface area contributed by atoms with E-state index in [1.165, 1.54) is 0 Å². The Bertz CT molecular complexity index is 375. The molecule has 1 aliphatic rings. The Kier molecular flexibility index (Phi) is 3.53. The number of rotatable bonds is 4. The molecule has 3 N–H and O–H groups in total. The van der Waals surface area contributed by atoms with Gasteiger partial charge in [0.1, 0.15) is 5.82 Å². The Hall–Kier alpha value is -1.85. The summed E-state index contributed by atoms with van der Waals surface area (Å²) in [5.74, 6) is 2.17. The standard InChI is InChI=1S/C10H16N6/c1-2-4-11-9-12-5-3-8(15-9)16-10-13-6-7-14-10/h3,5H,2,4,6-7H2,1H3,(H3,11,12,13,14,15,16). The zero-order valence-corrected chi connectivity index (χ0v) is 9.32. The van der Waals surface area contributed by atoms with Gasteiger partial charge in [0.15, 0.2) is 5.96 Å². The summed E-state index contributed by atoms with van der Waals surface area (Å²) < 4.78 is 0. The molecule has 0 atom stereocenters. The van der Waals surface area contributed by atoms with Crippen molar-refractivity contribution < 1.29 is 0 Å². The molecular weight excluding hydrogens is 204 g/mol. The number of hydrogen-bond acceptors (Lipinski definition) is 6. The van der Waals surface area contributed by atoms with Crippen molar-refractivity contribution in [2.45, 2.75) is 13.3 Å². The molecule has 86 valence electrons. The average Bonchev–Trinajstić information content (AvgIpc) is 2.80. The summed E-state index contributed by atoms with van der Waals surface area (Å²) in [5, 5.41) is 9.37. The fraction of sp³-hybridized carbons (Fsp3) is 0.500. The Balaban J connectivity index is 1.98. The van der Waals surface area contributed by atoms with Crippen molar-refractivity contribution in [1.82, 2.24) is 15.3 Å². The van der Waals surface area contributed by atoms with E-state index in [1.807, 2.05) is 6.07 Å². The van der Waals surface area contributed by atoms with E-state index >= 15 is 0 Å². The SMILES string of the molecule is CCCNc1nccc(NC2=NCCN2)n1. The molecule has 0 saturated carbocycles. The molecule has 6 heteroatoms. The quantitative estimate of drug-likeness (QED) is 0.695. The molecule has 1 aromatic heterocycles. The highest BCUT2D eigenvalue weighted by molar-refractivity contribution is 5.93. The molecule has 0 fully saturated rings. The first-order chi connectivity index (χ1) is 7.88. The summed E-state index contributed by atoms with van der Waals surface area (Å²) in [5.41, 5.74) is 0. The van der Waals surface area contributed by atoms with Crippen LogP contribution < -0.4 is 16.0 Å². The molecule has 1 aromatic rings. The first kappa shape index (κ1) is 10.7. The topological polar surface area (TPSA) is 74.2 Å². The molecule has 2 heterocycles. The lowest BCUT2D eigenvalue weighted by Crippen LogP contribution is -2.26. The van der Waals surface area contributed by atoms with E-state index in [9.17, 15) is 0 Å². The van der Waals surface area contributed by atoms with Gasteiger partial charge in [0.05, 0.1) is 6.54 Å². The lowest BCUT2D eigenvalue weighted by atomic mass is 10.5. The summed E-state index contributed by atoms with van der Waals surface area (Å²) in [4.78, 5) is 12.7. The Morgan fingerprint density at radius 3 is 3.19 bits per heavy atom. The van der Waals surface area contributed by atoms with Crippen molar-refractivity contribution in [3.8, 4) is 0 Å². The van der Waals surface area contributed by atoms with Crippen LogP contribution in [0.1, 0.15) is 13.3 Å². The second kappa shape index (κ2) is 5.29. The second-order valence-corrected chi connectivity index (χ2v) is 3.47. The van der Waals surface area contributed by atoms with E-state index in [1.54, 1.807) is 6.20 Å². The number of nitrogens with zero attached hydrogens (tertiary/aromatic N) is 3. The van der Waals surface area contributed by atoms with Gasteiger partial charge in [0.25, 0.3) is 0 Å². The van der Waals surface area contributed by atoms with Gasteiger partial charge in [-0.1, -0.05) is 6.92 Å². The predicted octanol–water partition coefficient (Wildman–Crippen LogP) is 0.670. The maximum absolute atomic E-state index is 4.32. The number of nitrogens with one attached hydrogen (secondary N) is 3. The maximum atomic E-state index is 4.32. The monoisotopic (exact) mass is 220 g/mol. The molecule has 0 radical (unpaired) electrons. The highest BCUT2D eigenvalue weighted by atomic mass is 15.2. The third-order valence-electron chi connectivity index (χ3n) is 2.11. The molecular formula is C10H16N6. The van der Waals surface area contributed by atoms with Gasteiger partial charge in [0.2, 0.25) is 5.95 Å². The maximum Gasteiger partial charge on any atom is 0.224 e. The van der Waals surface area contributed by atoms with E-state index in [2.05, 4.69) is 37.8 Å². The van der Waals surface area contributed by atoms with Crippen LogP contribution in [-0.2, 0) is 0 Å². The summed E-state index contributed by atoms with van der Waals surface area (Å²) in [6, 6.07) is 1.82. The second-order valence-electron chi connectivity index (χ2n) is 3.47. The van der Waals surface area contributed by atoms with Crippen molar-refractivity contribution in [2.75, 3.05) is 30.3 Å². The summed E-state index contributed by atoms with van der Waals surface area (Å²) >= 11 is 0. The first-order valence-electron chi connectivity index (χ1n) is 5.51. The Morgan fingerprint density at radius 2 is 2.44 bits per heavy atom. The highest BCUT2D eigenvalue weighted by Gasteiger charge is 2.05. The van der Waals surface area contributed by atoms with Gasteiger partial charge in [-0.2, -0.15) is 4.98 Å². The Morgan fingerprint density at radius 1 is 1.50 bits per heavy atom. The number of guanidine groups is 1. The van der Waals surface area contributed by atoms with Crippen LogP contribution in [0.25, 0.3) is 0 Å². The molecule has 0 aromatic carbocycles. The molecule has 0 saturated heterocycles. The molecule has 0 amide bonds. The normalized spacial score (nSPS) is 14.2. The van der Waals surface area contributed by atoms with Crippen LogP contribution >= 0.6 is 0 Å². The summed E-state index contributed by atoms with van der Waals surface area (Å²) in [7, 11) is 0. The van der Waals surface area contributed by atoms with Crippen LogP contribution in [0.3, 0.4) is 0 Å². The van der Waals surface area contributed by atoms with Crippen molar-refractivity contribution in [3.05, 3.63) is 12.3 Å². The van der Waals surface area contributed by atoms with E-state index in [0.717, 1.165) is 37.8 Å². The number of hydrogen-bond donors (Lipinski definition) is 3. The van der Waals surface area contributed by atoms with Crippen LogP contribution in [0.15, 0.2) is 17.3 Å². The van der Waals surface area contributed by atoms with E-state index in [4.69, 9.17) is 0 Å². The van der Waals surface area contributed by atoms with Gasteiger partial charge in [-0.05, 0) is 12.5 Å². The van der Waals surface area contributed by atoms with Crippen LogP contribution in [0.2, 0.25) is 0 Å². The van der Waals surface area contributed by atoms with Crippen LogP contribution in [0, 0.1) is 0 Å². The van der Waals surface area contributed by atoms with E-state index in [0.29, 0.717) is 5.95 Å². The molecule has 0 spiro atoms. The van der Waals surface area contributed by atoms with E-state index in [-0.39, 0.29) is 0 Å². The molecule has 0 unspecified atom stereocenters. The van der Waals surface area contributed by atoms with Crippen LogP contribution in [0.4, 0.5) is 11.8 Å². The van der Waals surface area contributed by atoms with E-state index < -0.39 is 0 Å². The van der Waals surface area contributed by atoms with Gasteiger partial charge in [-0.25, -0.2) is 4.98 Å². The van der Waals surface area contributed by atoms with Crippen molar-refractivity contribution in [3.63, 3.8) is 0 Å². The molecule has 6 nitrogen and oxygen atoms in total. The van der Waals surface area contributed by atoms with Gasteiger partial charge in [0, 0.05) is 19.3 Å². The van der Waals surface area contributed by atoms with Gasteiger partial charge < -0.3 is 16.0 Å². The lowest BCUT2D eigenvalue weighted by Gasteiger charge is -2.07. The predicted molar refractivity (Wildman–Crippen MR) is 64.7 cm³/mol. The third-order valence-corrected chi connectivity index (χ3v) is 2.11. The number of anilines is 2. The highest BCUT2D eigenvalue weighted by Crippen LogP contribution is 2.05. The van der Waals surface area contributed by atoms with Crippen LogP contribution in [-0.4, -0.2) is 35.6 Å². The van der Waals surface area contributed by atoms with Crippen LogP contribution in [0.5, 0.6) is 0 Å². The molecule has 0 bridgehead atoms. The molecule has 1 aliphatic heterocycles. The van der Waals surface area contributed by atoms with Gasteiger partial charge in [-0.3, -0.25) is 4.99 Å². The average molecular weight is 220 g/mol.